The van der Waals surface area contributed by atoms with Crippen LogP contribution < -0.4 is 10.6 Å². The predicted molar refractivity (Wildman–Crippen MR) is 75.8 cm³/mol. The summed E-state index contributed by atoms with van der Waals surface area (Å²) in [6.07, 6.45) is 0.319. The Morgan fingerprint density at radius 1 is 1.15 bits per heavy atom. The van der Waals surface area contributed by atoms with Crippen LogP contribution in [0.3, 0.4) is 0 Å². The van der Waals surface area contributed by atoms with E-state index in [2.05, 4.69) is 15.4 Å². The van der Waals surface area contributed by atoms with E-state index in [9.17, 15) is 9.59 Å². The van der Waals surface area contributed by atoms with Crippen molar-refractivity contribution < 1.29 is 19.1 Å². The highest BCUT2D eigenvalue weighted by molar-refractivity contribution is 6.01. The van der Waals surface area contributed by atoms with Crippen LogP contribution in [0.2, 0.25) is 0 Å². The highest BCUT2D eigenvalue weighted by Crippen LogP contribution is 2.16. The van der Waals surface area contributed by atoms with Crippen LogP contribution in [0.15, 0.2) is 24.3 Å². The van der Waals surface area contributed by atoms with Gasteiger partial charge in [-0.2, -0.15) is 0 Å². The standard InChI is InChI=1S/C14H20N2O4/c1-19-10-9-15-8-7-13(17)16-12-6-4-3-5-11(12)14(18)20-2/h3-6,15H,7-10H2,1-2H3,(H,16,17). The third-order valence-corrected chi connectivity index (χ3v) is 2.62. The average molecular weight is 280 g/mol. The molecule has 6 heteroatoms. The zero-order valence-corrected chi connectivity index (χ0v) is 11.8. The molecule has 0 radical (unpaired) electrons. The molecule has 0 saturated carbocycles. The van der Waals surface area contributed by atoms with Gasteiger partial charge in [-0.3, -0.25) is 4.79 Å². The number of para-hydroxylation sites is 1. The van der Waals surface area contributed by atoms with Gasteiger partial charge in [0.25, 0.3) is 0 Å². The van der Waals surface area contributed by atoms with Crippen LogP contribution in [0.5, 0.6) is 0 Å². The second-order valence-electron chi connectivity index (χ2n) is 4.08. The molecule has 6 nitrogen and oxygen atoms in total. The highest BCUT2D eigenvalue weighted by Gasteiger charge is 2.12. The first-order chi connectivity index (χ1) is 9.69. The Labute approximate surface area is 118 Å². The number of ether oxygens (including phenoxy) is 2. The normalized spacial score (nSPS) is 10.1. The number of carbonyl (C=O) groups excluding carboxylic acids is 2. The number of hydrogen-bond acceptors (Lipinski definition) is 5. The SMILES string of the molecule is COCCNCCC(=O)Nc1ccccc1C(=O)OC. The zero-order chi connectivity index (χ0) is 14.8. The van der Waals surface area contributed by atoms with Crippen LogP contribution in [0.4, 0.5) is 5.69 Å². The number of nitrogens with one attached hydrogen (secondary N) is 2. The van der Waals surface area contributed by atoms with E-state index in [1.165, 1.54) is 7.11 Å². The van der Waals surface area contributed by atoms with Gasteiger partial charge in [0.1, 0.15) is 0 Å². The number of methoxy groups -OCH3 is 2. The van der Waals surface area contributed by atoms with Crippen molar-refractivity contribution in [3.05, 3.63) is 29.8 Å². The minimum atomic E-state index is -0.473. The third-order valence-electron chi connectivity index (χ3n) is 2.62. The Hall–Kier alpha value is -1.92. The van der Waals surface area contributed by atoms with Gasteiger partial charge < -0.3 is 20.1 Å². The van der Waals surface area contributed by atoms with Crippen molar-refractivity contribution in [1.82, 2.24) is 5.32 Å². The zero-order valence-electron chi connectivity index (χ0n) is 11.8. The molecular formula is C14H20N2O4. The van der Waals surface area contributed by atoms with Crippen molar-refractivity contribution in [2.45, 2.75) is 6.42 Å². The van der Waals surface area contributed by atoms with Gasteiger partial charge in [-0.25, -0.2) is 4.79 Å². The quantitative estimate of drug-likeness (QED) is 0.549. The summed E-state index contributed by atoms with van der Waals surface area (Å²) in [5.41, 5.74) is 0.803. The smallest absolute Gasteiger partial charge is 0.339 e. The first-order valence-corrected chi connectivity index (χ1v) is 6.36. The molecule has 0 atom stereocenters. The lowest BCUT2D eigenvalue weighted by molar-refractivity contribution is -0.116. The number of benzene rings is 1. The summed E-state index contributed by atoms with van der Waals surface area (Å²) in [6.45, 7) is 1.85. The van der Waals surface area contributed by atoms with Gasteiger partial charge in [-0.05, 0) is 12.1 Å². The van der Waals surface area contributed by atoms with Gasteiger partial charge in [0, 0.05) is 26.6 Å². The number of anilines is 1. The van der Waals surface area contributed by atoms with Gasteiger partial charge in [0.15, 0.2) is 0 Å². The van der Waals surface area contributed by atoms with Crippen molar-refractivity contribution in [1.29, 1.82) is 0 Å². The lowest BCUT2D eigenvalue weighted by Crippen LogP contribution is -2.25. The van der Waals surface area contributed by atoms with Gasteiger partial charge in [0.05, 0.1) is 25.0 Å². The molecule has 1 aromatic carbocycles. The molecule has 0 saturated heterocycles. The van der Waals surface area contributed by atoms with Crippen molar-refractivity contribution in [2.24, 2.45) is 0 Å². The average Bonchev–Trinajstić information content (AvgIpc) is 2.47. The maximum Gasteiger partial charge on any atom is 0.339 e. The van der Waals surface area contributed by atoms with E-state index in [1.807, 2.05) is 0 Å². The largest absolute Gasteiger partial charge is 0.465 e. The first-order valence-electron chi connectivity index (χ1n) is 6.36. The lowest BCUT2D eigenvalue weighted by Gasteiger charge is -2.09. The summed E-state index contributed by atoms with van der Waals surface area (Å²) >= 11 is 0. The van der Waals surface area contributed by atoms with E-state index in [4.69, 9.17) is 4.74 Å². The van der Waals surface area contributed by atoms with Gasteiger partial charge >= 0.3 is 5.97 Å². The number of amides is 1. The Morgan fingerprint density at radius 2 is 1.90 bits per heavy atom. The summed E-state index contributed by atoms with van der Waals surface area (Å²) < 4.78 is 9.55. The van der Waals surface area contributed by atoms with E-state index in [0.717, 1.165) is 0 Å². The van der Waals surface area contributed by atoms with Gasteiger partial charge in [-0.15, -0.1) is 0 Å². The Bertz CT molecular complexity index is 449. The van der Waals surface area contributed by atoms with Crippen LogP contribution in [-0.4, -0.2) is 45.8 Å². The van der Waals surface area contributed by atoms with Crippen LogP contribution in [0.25, 0.3) is 0 Å². The Kier molecular flexibility index (Phi) is 7.31. The molecule has 20 heavy (non-hydrogen) atoms. The van der Waals surface area contributed by atoms with Crippen LogP contribution >= 0.6 is 0 Å². The molecule has 0 aliphatic rings. The third kappa shape index (κ3) is 5.38. The summed E-state index contributed by atoms with van der Waals surface area (Å²) in [4.78, 5) is 23.3. The number of rotatable bonds is 8. The van der Waals surface area contributed by atoms with Crippen molar-refractivity contribution in [3.8, 4) is 0 Å². The minimum absolute atomic E-state index is 0.161. The molecule has 0 aliphatic carbocycles. The molecule has 0 unspecified atom stereocenters. The number of carbonyl (C=O) groups is 2. The monoisotopic (exact) mass is 280 g/mol. The summed E-state index contributed by atoms with van der Waals surface area (Å²) in [7, 11) is 2.93. The topological polar surface area (TPSA) is 76.7 Å². The molecule has 0 heterocycles. The molecular weight excluding hydrogens is 260 g/mol. The van der Waals surface area contributed by atoms with Crippen LogP contribution in [0.1, 0.15) is 16.8 Å². The molecule has 1 aromatic rings. The van der Waals surface area contributed by atoms with E-state index >= 15 is 0 Å². The predicted octanol–water partition coefficient (Wildman–Crippen LogP) is 1.04. The Morgan fingerprint density at radius 3 is 2.60 bits per heavy atom. The van der Waals surface area contributed by atoms with E-state index in [0.29, 0.717) is 37.4 Å². The maximum atomic E-state index is 11.8. The van der Waals surface area contributed by atoms with E-state index < -0.39 is 5.97 Å². The molecule has 0 bridgehead atoms. The minimum Gasteiger partial charge on any atom is -0.465 e. The number of hydrogen-bond donors (Lipinski definition) is 2. The molecule has 0 spiro atoms. The summed E-state index contributed by atoms with van der Waals surface area (Å²) in [5.74, 6) is -0.634. The molecule has 0 fully saturated rings. The molecule has 1 amide bonds. The van der Waals surface area contributed by atoms with E-state index in [-0.39, 0.29) is 5.91 Å². The van der Waals surface area contributed by atoms with Crippen molar-refractivity contribution in [3.63, 3.8) is 0 Å². The Balaban J connectivity index is 2.47. The summed E-state index contributed by atoms with van der Waals surface area (Å²) in [6, 6.07) is 6.74. The summed E-state index contributed by atoms with van der Waals surface area (Å²) in [5, 5.41) is 5.78. The maximum absolute atomic E-state index is 11.8. The van der Waals surface area contributed by atoms with Gasteiger partial charge in [0.2, 0.25) is 5.91 Å². The molecule has 1 rings (SSSR count). The van der Waals surface area contributed by atoms with E-state index in [1.54, 1.807) is 31.4 Å². The molecule has 0 aliphatic heterocycles. The molecule has 2 N–H and O–H groups in total. The lowest BCUT2D eigenvalue weighted by atomic mass is 10.1. The second kappa shape index (κ2) is 9.06. The second-order valence-corrected chi connectivity index (χ2v) is 4.08. The fourth-order valence-corrected chi connectivity index (χ4v) is 1.59. The van der Waals surface area contributed by atoms with Gasteiger partial charge in [-0.1, -0.05) is 12.1 Å². The fourth-order valence-electron chi connectivity index (χ4n) is 1.59. The van der Waals surface area contributed by atoms with Crippen LogP contribution in [0, 0.1) is 0 Å². The first kappa shape index (κ1) is 16.1. The number of esters is 1. The fraction of sp³-hybridized carbons (Fsp3) is 0.429. The molecule has 110 valence electrons. The van der Waals surface area contributed by atoms with Crippen LogP contribution in [-0.2, 0) is 14.3 Å². The molecule has 0 aromatic heterocycles. The van der Waals surface area contributed by atoms with Crippen molar-refractivity contribution >= 4 is 17.6 Å². The van der Waals surface area contributed by atoms with Crippen molar-refractivity contribution in [2.75, 3.05) is 39.2 Å². The highest BCUT2D eigenvalue weighted by atomic mass is 16.5.